The molecule has 3 atom stereocenters. The molecule has 0 spiro atoms. The van der Waals surface area contributed by atoms with Crippen LogP contribution in [0.5, 0.6) is 5.75 Å². The van der Waals surface area contributed by atoms with Gasteiger partial charge in [-0.15, -0.1) is 0 Å². The fourth-order valence-electron chi connectivity index (χ4n) is 5.22. The van der Waals surface area contributed by atoms with Crippen molar-refractivity contribution in [2.24, 2.45) is 22.7 Å². The molecule has 27 heavy (non-hydrogen) atoms. The summed E-state index contributed by atoms with van der Waals surface area (Å²) in [5, 5.41) is 0. The molecule has 150 valence electrons. The molecule has 0 radical (unpaired) electrons. The van der Waals surface area contributed by atoms with E-state index in [0.29, 0.717) is 23.7 Å². The van der Waals surface area contributed by atoms with E-state index in [1.165, 1.54) is 22.3 Å². The third kappa shape index (κ3) is 3.47. The maximum atomic E-state index is 6.52. The summed E-state index contributed by atoms with van der Waals surface area (Å²) in [4.78, 5) is 0. The molecule has 0 amide bonds. The molecular formula is C26H40O. The van der Waals surface area contributed by atoms with Crippen LogP contribution in [0.2, 0.25) is 0 Å². The summed E-state index contributed by atoms with van der Waals surface area (Å²) < 4.78 is 6.52. The number of fused-ring (bicyclic) bond motifs is 4. The lowest BCUT2D eigenvalue weighted by Crippen LogP contribution is -2.32. The van der Waals surface area contributed by atoms with Gasteiger partial charge in [0.15, 0.2) is 0 Å². The van der Waals surface area contributed by atoms with Gasteiger partial charge in [0.2, 0.25) is 0 Å². The zero-order valence-corrected chi connectivity index (χ0v) is 19.4. The van der Waals surface area contributed by atoms with Crippen molar-refractivity contribution < 1.29 is 4.74 Å². The number of hydrogen-bond acceptors (Lipinski definition) is 1. The summed E-state index contributed by atoms with van der Waals surface area (Å²) in [6.45, 7) is 25.8. The lowest BCUT2D eigenvalue weighted by Gasteiger charge is -2.39. The molecule has 1 heteroatoms. The molecule has 0 N–H and O–H groups in total. The van der Waals surface area contributed by atoms with Crippen LogP contribution in [0, 0.1) is 22.7 Å². The smallest absolute Gasteiger partial charge is 0.128 e. The van der Waals surface area contributed by atoms with Crippen LogP contribution >= 0.6 is 0 Å². The Bertz CT molecular complexity index is 765. The van der Waals surface area contributed by atoms with E-state index in [2.05, 4.69) is 94.4 Å². The Morgan fingerprint density at radius 3 is 2.04 bits per heavy atom. The van der Waals surface area contributed by atoms with Crippen LogP contribution in [0.15, 0.2) is 18.2 Å². The van der Waals surface area contributed by atoms with Crippen LogP contribution in [-0.2, 0) is 0 Å². The Hall–Kier alpha value is -1.24. The quantitative estimate of drug-likeness (QED) is 0.517. The third-order valence-corrected chi connectivity index (χ3v) is 6.73. The lowest BCUT2D eigenvalue weighted by molar-refractivity contribution is 0.156. The van der Waals surface area contributed by atoms with Crippen molar-refractivity contribution in [2.45, 2.75) is 93.6 Å². The highest BCUT2D eigenvalue weighted by Gasteiger charge is 2.46. The molecule has 3 rings (SSSR count). The largest absolute Gasteiger partial charge is 0.483 e. The lowest BCUT2D eigenvalue weighted by atomic mass is 9.65. The fraction of sp³-hybridized carbons (Fsp3) is 0.692. The highest BCUT2D eigenvalue weighted by atomic mass is 16.5. The molecule has 2 bridgehead atoms. The number of ether oxygens (including phenoxy) is 1. The molecule has 0 saturated carbocycles. The van der Waals surface area contributed by atoms with Crippen LogP contribution in [0.3, 0.4) is 0 Å². The monoisotopic (exact) mass is 368 g/mol. The molecule has 0 fully saturated rings. The van der Waals surface area contributed by atoms with Crippen molar-refractivity contribution in [3.63, 3.8) is 0 Å². The van der Waals surface area contributed by atoms with E-state index in [4.69, 9.17) is 4.74 Å². The van der Waals surface area contributed by atoms with Gasteiger partial charge in [0.25, 0.3) is 0 Å². The maximum Gasteiger partial charge on any atom is 0.128 e. The molecule has 1 aromatic rings. The summed E-state index contributed by atoms with van der Waals surface area (Å²) in [7, 11) is 0. The summed E-state index contributed by atoms with van der Waals surface area (Å²) in [5.41, 5.74) is 5.90. The maximum absolute atomic E-state index is 6.52. The van der Waals surface area contributed by atoms with E-state index in [1.807, 2.05) is 0 Å². The second kappa shape index (κ2) is 6.13. The van der Waals surface area contributed by atoms with Crippen molar-refractivity contribution in [1.29, 1.82) is 0 Å². The second-order valence-corrected chi connectivity index (χ2v) is 12.0. The van der Waals surface area contributed by atoms with Crippen molar-refractivity contribution in [3.05, 3.63) is 34.9 Å². The topological polar surface area (TPSA) is 9.23 Å². The zero-order chi connectivity index (χ0) is 20.5. The van der Waals surface area contributed by atoms with Crippen molar-refractivity contribution in [3.8, 4) is 5.75 Å². The Morgan fingerprint density at radius 1 is 0.963 bits per heavy atom. The van der Waals surface area contributed by atoms with Gasteiger partial charge in [-0.1, -0.05) is 68.4 Å². The molecule has 1 aromatic carbocycles. The highest BCUT2D eigenvalue weighted by Crippen LogP contribution is 2.60. The van der Waals surface area contributed by atoms with E-state index < -0.39 is 0 Å². The zero-order valence-electron chi connectivity index (χ0n) is 19.4. The van der Waals surface area contributed by atoms with E-state index in [1.54, 1.807) is 0 Å². The van der Waals surface area contributed by atoms with Gasteiger partial charge in [0.1, 0.15) is 11.4 Å². The van der Waals surface area contributed by atoms with Crippen molar-refractivity contribution >= 4 is 5.57 Å². The molecule has 3 unspecified atom stereocenters. The molecule has 1 aliphatic carbocycles. The molecule has 1 heterocycles. The molecule has 1 aliphatic heterocycles. The minimum Gasteiger partial charge on any atom is -0.483 e. The average molecular weight is 369 g/mol. The van der Waals surface area contributed by atoms with Gasteiger partial charge in [0.05, 0.1) is 0 Å². The van der Waals surface area contributed by atoms with E-state index in [-0.39, 0.29) is 16.4 Å². The van der Waals surface area contributed by atoms with Crippen molar-refractivity contribution in [2.75, 3.05) is 0 Å². The SMILES string of the molecule is CC(C)C(C)C1c2cc(cc3c2C(C(C)(C)C)=CC(C)(C)O3)C1C(C)(C)C. The van der Waals surface area contributed by atoms with Gasteiger partial charge in [-0.3, -0.25) is 0 Å². The molecule has 0 aromatic heterocycles. The normalized spacial score (nSPS) is 25.1. The van der Waals surface area contributed by atoms with Gasteiger partial charge in [-0.25, -0.2) is 0 Å². The van der Waals surface area contributed by atoms with Crippen LogP contribution in [0.4, 0.5) is 0 Å². The minimum absolute atomic E-state index is 0.0965. The van der Waals surface area contributed by atoms with E-state index in [0.717, 1.165) is 5.75 Å². The summed E-state index contributed by atoms with van der Waals surface area (Å²) >= 11 is 0. The first-order valence-corrected chi connectivity index (χ1v) is 10.7. The summed E-state index contributed by atoms with van der Waals surface area (Å²) in [5.74, 6) is 3.50. The van der Waals surface area contributed by atoms with Crippen LogP contribution in [0.1, 0.15) is 105 Å². The fourth-order valence-corrected chi connectivity index (χ4v) is 5.22. The average Bonchev–Trinajstić information content (AvgIpc) is 2.76. The number of benzene rings is 1. The van der Waals surface area contributed by atoms with Crippen LogP contribution in [-0.4, -0.2) is 5.60 Å². The molecular weight excluding hydrogens is 328 g/mol. The standard InChI is InChI=1S/C26H40O/c1-15(2)16(3)21-18-12-17(23(21)25(7,8)9)13-20-22(18)19(24(4,5)6)14-26(10,11)27-20/h12-16,21,23H,1-11H3. The van der Waals surface area contributed by atoms with Gasteiger partial charge in [-0.2, -0.15) is 0 Å². The Labute approximate surface area is 167 Å². The highest BCUT2D eigenvalue weighted by molar-refractivity contribution is 5.81. The summed E-state index contributed by atoms with van der Waals surface area (Å²) in [6, 6.07) is 4.86. The number of hydrogen-bond donors (Lipinski definition) is 0. The number of allylic oxidation sites excluding steroid dienone is 1. The first kappa shape index (κ1) is 20.5. The molecule has 2 aliphatic rings. The number of rotatable bonds is 2. The van der Waals surface area contributed by atoms with Gasteiger partial charge < -0.3 is 4.74 Å². The van der Waals surface area contributed by atoms with Gasteiger partial charge in [0, 0.05) is 5.56 Å². The first-order chi connectivity index (χ1) is 12.1. The van der Waals surface area contributed by atoms with Gasteiger partial charge in [-0.05, 0) is 77.2 Å². The predicted octanol–water partition coefficient (Wildman–Crippen LogP) is 7.81. The second-order valence-electron chi connectivity index (χ2n) is 12.0. The van der Waals surface area contributed by atoms with E-state index in [9.17, 15) is 0 Å². The Balaban J connectivity index is 2.28. The Kier molecular flexibility index (Phi) is 4.65. The van der Waals surface area contributed by atoms with Crippen molar-refractivity contribution in [1.82, 2.24) is 0 Å². The Morgan fingerprint density at radius 2 is 1.56 bits per heavy atom. The van der Waals surface area contributed by atoms with Crippen LogP contribution in [0.25, 0.3) is 5.57 Å². The molecule has 0 saturated heterocycles. The third-order valence-electron chi connectivity index (χ3n) is 6.73. The summed E-state index contributed by atoms with van der Waals surface area (Å²) in [6.07, 6.45) is 2.37. The van der Waals surface area contributed by atoms with Crippen LogP contribution < -0.4 is 4.74 Å². The van der Waals surface area contributed by atoms with E-state index >= 15 is 0 Å². The minimum atomic E-state index is -0.258. The first-order valence-electron chi connectivity index (χ1n) is 10.7. The molecule has 1 nitrogen and oxygen atoms in total. The van der Waals surface area contributed by atoms with Gasteiger partial charge >= 0.3 is 0 Å². The predicted molar refractivity (Wildman–Crippen MR) is 118 cm³/mol.